The normalized spacial score (nSPS) is 38.6. The molecule has 4 heteroatoms. The fourth-order valence-electron chi connectivity index (χ4n) is 5.43. The summed E-state index contributed by atoms with van der Waals surface area (Å²) in [6.45, 7) is 2.14. The average molecular weight is 280 g/mol. The Morgan fingerprint density at radius 3 is 2.80 bits per heavy atom. The Morgan fingerprint density at radius 2 is 2.05 bits per heavy atom. The van der Waals surface area contributed by atoms with Crippen molar-refractivity contribution in [1.82, 2.24) is 4.90 Å². The molecule has 3 aliphatic rings. The summed E-state index contributed by atoms with van der Waals surface area (Å²) in [4.78, 5) is 13.7. The van der Waals surface area contributed by atoms with Crippen LogP contribution in [0.1, 0.15) is 38.5 Å². The molecule has 2 bridgehead atoms. The van der Waals surface area contributed by atoms with E-state index in [1.165, 1.54) is 32.1 Å². The monoisotopic (exact) mass is 280 g/mol. The third-order valence-electron chi connectivity index (χ3n) is 6.02. The zero-order valence-corrected chi connectivity index (χ0v) is 12.6. The zero-order valence-electron chi connectivity index (χ0n) is 12.6. The van der Waals surface area contributed by atoms with Gasteiger partial charge in [0.15, 0.2) is 0 Å². The molecule has 0 radical (unpaired) electrons. The molecule has 0 saturated heterocycles. The number of carbonyl (C=O) groups excluding carboxylic acids is 1. The van der Waals surface area contributed by atoms with Gasteiger partial charge in [-0.05, 0) is 55.8 Å². The Kier molecular flexibility index (Phi) is 4.32. The first-order valence-corrected chi connectivity index (χ1v) is 8.22. The molecule has 0 aromatic carbocycles. The van der Waals surface area contributed by atoms with Crippen molar-refractivity contribution in [2.75, 3.05) is 26.8 Å². The summed E-state index contributed by atoms with van der Waals surface area (Å²) in [5.74, 6) is 3.51. The first kappa shape index (κ1) is 14.3. The standard InChI is InChI=1S/C16H28N2O2/c1-20-7-3-6-18(10-16(17)19)15-9-11-8-14(15)13-5-2-4-12(11)13/h11-15H,2-10H2,1H3,(H2,17,19)/t11-,12-,13-,14+,15-/m1/s1. The van der Waals surface area contributed by atoms with Gasteiger partial charge in [-0.2, -0.15) is 0 Å². The maximum atomic E-state index is 11.4. The van der Waals surface area contributed by atoms with Crippen LogP contribution in [0.4, 0.5) is 0 Å². The van der Waals surface area contributed by atoms with Gasteiger partial charge in [0.1, 0.15) is 0 Å². The minimum absolute atomic E-state index is 0.187. The molecule has 0 unspecified atom stereocenters. The highest BCUT2D eigenvalue weighted by Gasteiger charge is 2.54. The topological polar surface area (TPSA) is 55.6 Å². The number of rotatable bonds is 7. The van der Waals surface area contributed by atoms with E-state index >= 15 is 0 Å². The van der Waals surface area contributed by atoms with Crippen molar-refractivity contribution in [3.05, 3.63) is 0 Å². The van der Waals surface area contributed by atoms with Gasteiger partial charge in [0.05, 0.1) is 6.54 Å². The van der Waals surface area contributed by atoms with Gasteiger partial charge in [-0.3, -0.25) is 9.69 Å². The van der Waals surface area contributed by atoms with Crippen LogP contribution in [0.3, 0.4) is 0 Å². The minimum Gasteiger partial charge on any atom is -0.385 e. The van der Waals surface area contributed by atoms with Crippen LogP contribution in [0, 0.1) is 23.7 Å². The van der Waals surface area contributed by atoms with Crippen molar-refractivity contribution in [1.29, 1.82) is 0 Å². The Morgan fingerprint density at radius 1 is 1.25 bits per heavy atom. The number of nitrogens with zero attached hydrogens (tertiary/aromatic N) is 1. The van der Waals surface area contributed by atoms with Crippen molar-refractivity contribution >= 4 is 5.91 Å². The number of hydrogen-bond donors (Lipinski definition) is 1. The predicted molar refractivity (Wildman–Crippen MR) is 78.1 cm³/mol. The second kappa shape index (κ2) is 6.02. The Balaban J connectivity index is 1.64. The van der Waals surface area contributed by atoms with E-state index in [4.69, 9.17) is 10.5 Å². The number of carbonyl (C=O) groups is 1. The van der Waals surface area contributed by atoms with Crippen molar-refractivity contribution in [2.24, 2.45) is 29.4 Å². The summed E-state index contributed by atoms with van der Waals surface area (Å²) in [7, 11) is 1.74. The molecule has 4 nitrogen and oxygen atoms in total. The predicted octanol–water partition coefficient (Wildman–Crippen LogP) is 1.63. The molecule has 0 aromatic heterocycles. The van der Waals surface area contributed by atoms with Crippen LogP contribution in [0.15, 0.2) is 0 Å². The molecule has 0 spiro atoms. The second-order valence-electron chi connectivity index (χ2n) is 7.00. The molecule has 0 aromatic rings. The Bertz CT molecular complexity index is 360. The largest absolute Gasteiger partial charge is 0.385 e. The van der Waals surface area contributed by atoms with Gasteiger partial charge in [-0.25, -0.2) is 0 Å². The van der Waals surface area contributed by atoms with Crippen LogP contribution in [-0.2, 0) is 9.53 Å². The van der Waals surface area contributed by atoms with E-state index in [0.717, 1.165) is 43.2 Å². The molecule has 0 aliphatic heterocycles. The van der Waals surface area contributed by atoms with Crippen LogP contribution >= 0.6 is 0 Å². The first-order valence-electron chi connectivity index (χ1n) is 8.22. The number of methoxy groups -OCH3 is 1. The molecular formula is C16H28N2O2. The zero-order chi connectivity index (χ0) is 14.1. The molecule has 0 heterocycles. The highest BCUT2D eigenvalue weighted by Crippen LogP contribution is 2.59. The summed E-state index contributed by atoms with van der Waals surface area (Å²) in [6, 6.07) is 0.601. The SMILES string of the molecule is COCCCN(CC(N)=O)[C@@H]1C[C@H]2C[C@H]1[C@@H]1CCC[C@H]21. The molecule has 1 amide bonds. The Labute approximate surface area is 122 Å². The summed E-state index contributed by atoms with van der Waals surface area (Å²) in [6.07, 6.45) is 7.99. The lowest BCUT2D eigenvalue weighted by molar-refractivity contribution is -0.120. The number of nitrogens with two attached hydrogens (primary N) is 1. The van der Waals surface area contributed by atoms with Gasteiger partial charge in [0, 0.05) is 26.3 Å². The van der Waals surface area contributed by atoms with E-state index in [1.807, 2.05) is 0 Å². The molecule has 2 N–H and O–H groups in total. The van der Waals surface area contributed by atoms with Gasteiger partial charge in [-0.1, -0.05) is 6.42 Å². The van der Waals surface area contributed by atoms with Crippen LogP contribution in [0.2, 0.25) is 0 Å². The van der Waals surface area contributed by atoms with Crippen molar-refractivity contribution < 1.29 is 9.53 Å². The van der Waals surface area contributed by atoms with Gasteiger partial charge in [0.25, 0.3) is 0 Å². The summed E-state index contributed by atoms with van der Waals surface area (Å²) < 4.78 is 5.15. The summed E-state index contributed by atoms with van der Waals surface area (Å²) in [5, 5.41) is 0. The van der Waals surface area contributed by atoms with Crippen LogP contribution < -0.4 is 5.73 Å². The second-order valence-corrected chi connectivity index (χ2v) is 7.00. The number of amides is 1. The molecular weight excluding hydrogens is 252 g/mol. The lowest BCUT2D eigenvalue weighted by Gasteiger charge is -2.38. The highest BCUT2D eigenvalue weighted by molar-refractivity contribution is 5.76. The summed E-state index contributed by atoms with van der Waals surface area (Å²) in [5.41, 5.74) is 5.46. The maximum absolute atomic E-state index is 11.4. The molecule has 114 valence electrons. The minimum atomic E-state index is -0.187. The maximum Gasteiger partial charge on any atom is 0.231 e. The van der Waals surface area contributed by atoms with Gasteiger partial charge >= 0.3 is 0 Å². The number of ether oxygens (including phenoxy) is 1. The van der Waals surface area contributed by atoms with Crippen molar-refractivity contribution in [3.8, 4) is 0 Å². The first-order chi connectivity index (χ1) is 9.70. The van der Waals surface area contributed by atoms with Crippen LogP contribution in [-0.4, -0.2) is 43.7 Å². The molecule has 3 aliphatic carbocycles. The van der Waals surface area contributed by atoms with Gasteiger partial charge in [0.2, 0.25) is 5.91 Å². The van der Waals surface area contributed by atoms with Gasteiger partial charge in [-0.15, -0.1) is 0 Å². The van der Waals surface area contributed by atoms with Crippen LogP contribution in [0.5, 0.6) is 0 Å². The molecule has 3 saturated carbocycles. The highest BCUT2D eigenvalue weighted by atomic mass is 16.5. The third-order valence-corrected chi connectivity index (χ3v) is 6.02. The van der Waals surface area contributed by atoms with E-state index in [1.54, 1.807) is 7.11 Å². The molecule has 3 fully saturated rings. The quantitative estimate of drug-likeness (QED) is 0.721. The van der Waals surface area contributed by atoms with Crippen LogP contribution in [0.25, 0.3) is 0 Å². The number of fused-ring (bicyclic) bond motifs is 5. The van der Waals surface area contributed by atoms with E-state index in [2.05, 4.69) is 4.90 Å². The number of hydrogen-bond acceptors (Lipinski definition) is 3. The van der Waals surface area contributed by atoms with E-state index < -0.39 is 0 Å². The fourth-order valence-corrected chi connectivity index (χ4v) is 5.43. The van der Waals surface area contributed by atoms with E-state index in [9.17, 15) is 4.79 Å². The van der Waals surface area contributed by atoms with Gasteiger partial charge < -0.3 is 10.5 Å². The van der Waals surface area contributed by atoms with E-state index in [-0.39, 0.29) is 5.91 Å². The average Bonchev–Trinajstić information content (AvgIpc) is 3.09. The molecule has 5 atom stereocenters. The van der Waals surface area contributed by atoms with Crippen molar-refractivity contribution in [3.63, 3.8) is 0 Å². The third kappa shape index (κ3) is 2.60. The van der Waals surface area contributed by atoms with E-state index in [0.29, 0.717) is 12.6 Å². The van der Waals surface area contributed by atoms with Crippen molar-refractivity contribution in [2.45, 2.75) is 44.6 Å². The smallest absolute Gasteiger partial charge is 0.231 e. The lowest BCUT2D eigenvalue weighted by Crippen LogP contribution is -2.47. The summed E-state index contributed by atoms with van der Waals surface area (Å²) >= 11 is 0. The fraction of sp³-hybridized carbons (Fsp3) is 0.938. The molecule has 20 heavy (non-hydrogen) atoms. The molecule has 3 rings (SSSR count). The Hall–Kier alpha value is -0.610. The lowest BCUT2D eigenvalue weighted by atomic mass is 9.78. The number of primary amides is 1.